The fourth-order valence-corrected chi connectivity index (χ4v) is 3.60. The Bertz CT molecular complexity index is 591. The highest BCUT2D eigenvalue weighted by molar-refractivity contribution is 7.89. The van der Waals surface area contributed by atoms with Gasteiger partial charge in [0.25, 0.3) is 0 Å². The summed E-state index contributed by atoms with van der Waals surface area (Å²) in [5.41, 5.74) is 0. The van der Waals surface area contributed by atoms with Crippen LogP contribution in [-0.2, 0) is 10.0 Å². The SMILES string of the molecule is O=S(=O)(c1ccc(F)c(F)c1F)N1CCC(CO)C1. The van der Waals surface area contributed by atoms with Crippen molar-refractivity contribution in [2.24, 2.45) is 5.92 Å². The molecule has 8 heteroatoms. The van der Waals surface area contributed by atoms with Gasteiger partial charge in [-0.25, -0.2) is 21.6 Å². The smallest absolute Gasteiger partial charge is 0.246 e. The van der Waals surface area contributed by atoms with E-state index in [1.807, 2.05) is 0 Å². The average molecular weight is 295 g/mol. The fourth-order valence-electron chi connectivity index (χ4n) is 2.01. The summed E-state index contributed by atoms with van der Waals surface area (Å²) >= 11 is 0. The van der Waals surface area contributed by atoms with E-state index < -0.39 is 32.4 Å². The summed E-state index contributed by atoms with van der Waals surface area (Å²) in [7, 11) is -4.21. The Labute approximate surface area is 108 Å². The molecular weight excluding hydrogens is 283 g/mol. The van der Waals surface area contributed by atoms with Gasteiger partial charge < -0.3 is 5.11 Å². The molecule has 106 valence electrons. The van der Waals surface area contributed by atoms with Crippen molar-refractivity contribution in [2.75, 3.05) is 19.7 Å². The molecule has 1 N–H and O–H groups in total. The highest BCUT2D eigenvalue weighted by atomic mass is 32.2. The van der Waals surface area contributed by atoms with E-state index in [2.05, 4.69) is 0 Å². The molecule has 1 saturated heterocycles. The minimum atomic E-state index is -4.21. The lowest BCUT2D eigenvalue weighted by molar-refractivity contribution is 0.233. The highest BCUT2D eigenvalue weighted by Gasteiger charge is 2.35. The van der Waals surface area contributed by atoms with E-state index in [1.165, 1.54) is 0 Å². The molecule has 0 bridgehead atoms. The maximum atomic E-state index is 13.5. The van der Waals surface area contributed by atoms with E-state index in [0.29, 0.717) is 18.6 Å². The monoisotopic (exact) mass is 295 g/mol. The number of nitrogens with zero attached hydrogens (tertiary/aromatic N) is 1. The zero-order chi connectivity index (χ0) is 14.2. The van der Waals surface area contributed by atoms with E-state index in [4.69, 9.17) is 5.11 Å². The van der Waals surface area contributed by atoms with Crippen molar-refractivity contribution in [1.29, 1.82) is 0 Å². The van der Waals surface area contributed by atoms with Gasteiger partial charge >= 0.3 is 0 Å². The summed E-state index contributed by atoms with van der Waals surface area (Å²) in [5, 5.41) is 8.95. The second-order valence-corrected chi connectivity index (χ2v) is 6.28. The lowest BCUT2D eigenvalue weighted by Crippen LogP contribution is -2.30. The van der Waals surface area contributed by atoms with Gasteiger partial charge in [0, 0.05) is 19.7 Å². The van der Waals surface area contributed by atoms with Crippen molar-refractivity contribution >= 4 is 10.0 Å². The molecule has 19 heavy (non-hydrogen) atoms. The van der Waals surface area contributed by atoms with Crippen molar-refractivity contribution in [3.05, 3.63) is 29.6 Å². The van der Waals surface area contributed by atoms with Gasteiger partial charge in [0.15, 0.2) is 17.5 Å². The van der Waals surface area contributed by atoms with Gasteiger partial charge in [-0.15, -0.1) is 0 Å². The van der Waals surface area contributed by atoms with Crippen molar-refractivity contribution in [3.8, 4) is 0 Å². The fraction of sp³-hybridized carbons (Fsp3) is 0.455. The molecule has 2 rings (SSSR count). The molecule has 0 aromatic heterocycles. The number of halogens is 3. The number of aliphatic hydroxyl groups is 1. The Morgan fingerprint density at radius 2 is 1.95 bits per heavy atom. The Balaban J connectivity index is 2.38. The zero-order valence-electron chi connectivity index (χ0n) is 9.81. The molecule has 1 aromatic carbocycles. The largest absolute Gasteiger partial charge is 0.396 e. The van der Waals surface area contributed by atoms with Crippen LogP contribution in [0.3, 0.4) is 0 Å². The van der Waals surface area contributed by atoms with Crippen LogP contribution in [0.5, 0.6) is 0 Å². The molecule has 0 saturated carbocycles. The van der Waals surface area contributed by atoms with Gasteiger partial charge in [0.05, 0.1) is 0 Å². The molecule has 0 spiro atoms. The molecule has 0 aliphatic carbocycles. The molecule has 0 radical (unpaired) electrons. The maximum Gasteiger partial charge on any atom is 0.246 e. The van der Waals surface area contributed by atoms with Crippen LogP contribution >= 0.6 is 0 Å². The first-order valence-electron chi connectivity index (χ1n) is 5.62. The predicted octanol–water partition coefficient (Wildman–Crippen LogP) is 1.11. The number of aliphatic hydroxyl groups excluding tert-OH is 1. The summed E-state index contributed by atoms with van der Waals surface area (Å²) < 4.78 is 64.5. The first-order valence-corrected chi connectivity index (χ1v) is 7.06. The first kappa shape index (κ1) is 14.3. The summed E-state index contributed by atoms with van der Waals surface area (Å²) in [6, 6.07) is 1.28. The Morgan fingerprint density at radius 3 is 2.53 bits per heavy atom. The summed E-state index contributed by atoms with van der Waals surface area (Å²) in [6.45, 7) is -0.0183. The molecule has 1 aromatic rings. The number of sulfonamides is 1. The summed E-state index contributed by atoms with van der Waals surface area (Å²) in [4.78, 5) is -0.884. The van der Waals surface area contributed by atoms with Crippen molar-refractivity contribution < 1.29 is 26.7 Å². The second kappa shape index (κ2) is 5.10. The van der Waals surface area contributed by atoms with Crippen LogP contribution in [0, 0.1) is 23.4 Å². The van der Waals surface area contributed by atoms with E-state index in [-0.39, 0.29) is 25.6 Å². The second-order valence-electron chi connectivity index (χ2n) is 4.37. The molecule has 1 unspecified atom stereocenters. The van der Waals surface area contributed by atoms with Gasteiger partial charge in [-0.3, -0.25) is 0 Å². The number of rotatable bonds is 3. The van der Waals surface area contributed by atoms with Gasteiger partial charge in [-0.1, -0.05) is 0 Å². The Morgan fingerprint density at radius 1 is 1.26 bits per heavy atom. The van der Waals surface area contributed by atoms with Crippen LogP contribution < -0.4 is 0 Å². The summed E-state index contributed by atoms with van der Waals surface area (Å²) in [5.74, 6) is -5.18. The van der Waals surface area contributed by atoms with Crippen LogP contribution in [-0.4, -0.2) is 37.5 Å². The van der Waals surface area contributed by atoms with Crippen LogP contribution in [0.4, 0.5) is 13.2 Å². The predicted molar refractivity (Wildman–Crippen MR) is 60.3 cm³/mol. The van der Waals surface area contributed by atoms with E-state index in [0.717, 1.165) is 4.31 Å². The quantitative estimate of drug-likeness (QED) is 0.850. The van der Waals surface area contributed by atoms with E-state index in [1.54, 1.807) is 0 Å². The molecular formula is C11H12F3NO3S. The number of benzene rings is 1. The normalized spacial score (nSPS) is 20.9. The average Bonchev–Trinajstić information content (AvgIpc) is 2.85. The van der Waals surface area contributed by atoms with Crippen molar-refractivity contribution in [2.45, 2.75) is 11.3 Å². The molecule has 0 amide bonds. The van der Waals surface area contributed by atoms with Crippen LogP contribution in [0.2, 0.25) is 0 Å². The first-order chi connectivity index (χ1) is 8.87. The maximum absolute atomic E-state index is 13.5. The molecule has 1 aliphatic heterocycles. The molecule has 1 fully saturated rings. The lowest BCUT2D eigenvalue weighted by Gasteiger charge is -2.16. The minimum Gasteiger partial charge on any atom is -0.396 e. The topological polar surface area (TPSA) is 57.6 Å². The standard InChI is InChI=1S/C11H12F3NO3S/c12-8-1-2-9(11(14)10(8)13)19(17,18)15-4-3-7(5-15)6-16/h1-2,7,16H,3-6H2. The van der Waals surface area contributed by atoms with Gasteiger partial charge in [-0.2, -0.15) is 4.31 Å². The molecule has 4 nitrogen and oxygen atoms in total. The Hall–Kier alpha value is -1.12. The number of hydrogen-bond acceptors (Lipinski definition) is 3. The third-order valence-electron chi connectivity index (χ3n) is 3.12. The van der Waals surface area contributed by atoms with Crippen LogP contribution in [0.1, 0.15) is 6.42 Å². The van der Waals surface area contributed by atoms with E-state index >= 15 is 0 Å². The third-order valence-corrected chi connectivity index (χ3v) is 5.01. The number of hydrogen-bond donors (Lipinski definition) is 1. The van der Waals surface area contributed by atoms with Crippen molar-refractivity contribution in [1.82, 2.24) is 4.31 Å². The van der Waals surface area contributed by atoms with E-state index in [9.17, 15) is 21.6 Å². The van der Waals surface area contributed by atoms with Gasteiger partial charge in [-0.05, 0) is 24.5 Å². The van der Waals surface area contributed by atoms with Crippen molar-refractivity contribution in [3.63, 3.8) is 0 Å². The Kier molecular flexibility index (Phi) is 3.84. The van der Waals surface area contributed by atoms with Crippen LogP contribution in [0.15, 0.2) is 17.0 Å². The minimum absolute atomic E-state index is 0.0390. The zero-order valence-corrected chi connectivity index (χ0v) is 10.6. The lowest BCUT2D eigenvalue weighted by atomic mass is 10.1. The van der Waals surface area contributed by atoms with Crippen LogP contribution in [0.25, 0.3) is 0 Å². The molecule has 1 aliphatic rings. The van der Waals surface area contributed by atoms with Gasteiger partial charge in [0.1, 0.15) is 4.90 Å². The third kappa shape index (κ3) is 2.47. The van der Waals surface area contributed by atoms with Gasteiger partial charge in [0.2, 0.25) is 10.0 Å². The molecule has 1 heterocycles. The molecule has 1 atom stereocenters. The summed E-state index contributed by atoms with van der Waals surface area (Å²) in [6.07, 6.45) is 0.445. The highest BCUT2D eigenvalue weighted by Crippen LogP contribution is 2.27.